The molecule has 0 saturated carbocycles. The lowest BCUT2D eigenvalue weighted by molar-refractivity contribution is -0.136. The van der Waals surface area contributed by atoms with Gasteiger partial charge in [-0.1, -0.05) is 24.3 Å². The average Bonchev–Trinajstić information content (AvgIpc) is 3.29. The quantitative estimate of drug-likeness (QED) is 0.282. The zero-order chi connectivity index (χ0) is 26.0. The normalized spacial score (nSPS) is 11.6. The Morgan fingerprint density at radius 1 is 1.05 bits per heavy atom. The van der Waals surface area contributed by atoms with Crippen molar-refractivity contribution in [3.63, 3.8) is 0 Å². The van der Waals surface area contributed by atoms with Crippen LogP contribution in [0.3, 0.4) is 0 Å². The molecule has 2 aromatic heterocycles. The van der Waals surface area contributed by atoms with Crippen molar-refractivity contribution in [3.05, 3.63) is 96.3 Å². The van der Waals surface area contributed by atoms with Crippen LogP contribution in [0.25, 0.3) is 21.8 Å². The number of carbonyl (C=O) groups is 1. The number of methoxy groups -OCH3 is 1. The summed E-state index contributed by atoms with van der Waals surface area (Å²) >= 11 is 0. The summed E-state index contributed by atoms with van der Waals surface area (Å²) in [6.07, 6.45) is 3.36. The van der Waals surface area contributed by atoms with Crippen LogP contribution in [0.4, 0.5) is 5.69 Å². The van der Waals surface area contributed by atoms with Crippen LogP contribution in [0.5, 0.6) is 5.75 Å². The molecule has 0 saturated heterocycles. The van der Waals surface area contributed by atoms with Gasteiger partial charge in [0.2, 0.25) is 0 Å². The molecule has 0 unspecified atom stereocenters. The van der Waals surface area contributed by atoms with Crippen LogP contribution >= 0.6 is 0 Å². The third-order valence-electron chi connectivity index (χ3n) is 6.25. The molecule has 0 bridgehead atoms. The Kier molecular flexibility index (Phi) is 6.54. The number of hydrogen-bond acceptors (Lipinski definition) is 6. The first-order valence-corrected chi connectivity index (χ1v) is 13.1. The highest BCUT2D eigenvalue weighted by atomic mass is 32.2. The zero-order valence-electron chi connectivity index (χ0n) is 20.1. The summed E-state index contributed by atoms with van der Waals surface area (Å²) in [7, 11) is -2.38. The molecule has 2 N–H and O–H groups in total. The Morgan fingerprint density at radius 3 is 2.62 bits per heavy atom. The second kappa shape index (κ2) is 9.94. The van der Waals surface area contributed by atoms with Gasteiger partial charge in [0.15, 0.2) is 0 Å². The largest absolute Gasteiger partial charge is 0.497 e. The van der Waals surface area contributed by atoms with Crippen molar-refractivity contribution in [1.82, 2.24) is 8.96 Å². The Hall–Kier alpha value is -4.37. The Bertz CT molecular complexity index is 1710. The van der Waals surface area contributed by atoms with Crippen molar-refractivity contribution in [2.45, 2.75) is 24.3 Å². The predicted molar refractivity (Wildman–Crippen MR) is 143 cm³/mol. The molecule has 2 heterocycles. The molecule has 0 spiro atoms. The minimum Gasteiger partial charge on any atom is -0.497 e. The van der Waals surface area contributed by atoms with Crippen molar-refractivity contribution >= 4 is 43.5 Å². The van der Waals surface area contributed by atoms with Gasteiger partial charge in [-0.05, 0) is 66.1 Å². The van der Waals surface area contributed by atoms with Gasteiger partial charge in [0, 0.05) is 41.8 Å². The fourth-order valence-corrected chi connectivity index (χ4v) is 5.68. The Labute approximate surface area is 214 Å². The summed E-state index contributed by atoms with van der Waals surface area (Å²) in [4.78, 5) is 15.6. The molecular weight excluding hydrogens is 490 g/mol. The second-order valence-electron chi connectivity index (χ2n) is 8.64. The van der Waals surface area contributed by atoms with Gasteiger partial charge >= 0.3 is 5.97 Å². The summed E-state index contributed by atoms with van der Waals surface area (Å²) in [6, 6.07) is 21.7. The summed E-state index contributed by atoms with van der Waals surface area (Å²) in [5.41, 5.74) is 3.84. The Balaban J connectivity index is 1.39. The first-order chi connectivity index (χ1) is 17.8. The van der Waals surface area contributed by atoms with Crippen LogP contribution in [0.15, 0.2) is 90.1 Å². The molecule has 0 atom stereocenters. The Morgan fingerprint density at radius 2 is 1.86 bits per heavy atom. The van der Waals surface area contributed by atoms with E-state index in [0.717, 1.165) is 22.2 Å². The molecular formula is C28H25N3O5S. The number of benzene rings is 3. The highest BCUT2D eigenvalue weighted by Gasteiger charge is 2.22. The van der Waals surface area contributed by atoms with E-state index < -0.39 is 16.0 Å². The van der Waals surface area contributed by atoms with E-state index in [1.54, 1.807) is 48.7 Å². The lowest BCUT2D eigenvalue weighted by atomic mass is 10.1. The number of pyridine rings is 1. The van der Waals surface area contributed by atoms with E-state index in [-0.39, 0.29) is 17.7 Å². The number of aryl methyl sites for hydroxylation is 1. The van der Waals surface area contributed by atoms with Gasteiger partial charge < -0.3 is 15.2 Å². The zero-order valence-corrected chi connectivity index (χ0v) is 20.9. The minimum atomic E-state index is -3.91. The van der Waals surface area contributed by atoms with Crippen LogP contribution < -0.4 is 10.1 Å². The number of fused-ring (bicyclic) bond motifs is 2. The predicted octanol–water partition coefficient (Wildman–Crippen LogP) is 5.06. The summed E-state index contributed by atoms with van der Waals surface area (Å²) < 4.78 is 33.6. The van der Waals surface area contributed by atoms with E-state index in [1.165, 1.54) is 17.3 Å². The van der Waals surface area contributed by atoms with E-state index in [4.69, 9.17) is 9.84 Å². The van der Waals surface area contributed by atoms with Crippen molar-refractivity contribution < 1.29 is 23.1 Å². The molecule has 37 heavy (non-hydrogen) atoms. The van der Waals surface area contributed by atoms with Gasteiger partial charge in [-0.15, -0.1) is 0 Å². The standard InChI is InChI=1S/C28H25N3O5S/c1-36-23-9-12-27-25(16-23)21(7-13-28(32)33)18-31(27)37(34,35)24-10-4-19(5-11-24)17-30-22-8-6-20-3-2-14-29-26(20)15-22/h2-6,8-12,14-16,18,30H,7,13,17H2,1H3,(H,32,33). The van der Waals surface area contributed by atoms with Crippen LogP contribution in [0.2, 0.25) is 0 Å². The van der Waals surface area contributed by atoms with Crippen molar-refractivity contribution in [1.29, 1.82) is 0 Å². The van der Waals surface area contributed by atoms with E-state index in [9.17, 15) is 13.2 Å². The van der Waals surface area contributed by atoms with E-state index in [1.807, 2.05) is 30.3 Å². The van der Waals surface area contributed by atoms with Crippen LogP contribution in [-0.4, -0.2) is 35.6 Å². The molecule has 5 aromatic rings. The molecule has 0 fully saturated rings. The second-order valence-corrected chi connectivity index (χ2v) is 10.5. The molecule has 0 aliphatic heterocycles. The maximum absolute atomic E-state index is 13.6. The van der Waals surface area contributed by atoms with E-state index >= 15 is 0 Å². The van der Waals surface area contributed by atoms with Gasteiger partial charge in [-0.2, -0.15) is 0 Å². The SMILES string of the molecule is COc1ccc2c(c1)c(CCC(=O)O)cn2S(=O)(=O)c1ccc(CNc2ccc3cccnc3c2)cc1. The fourth-order valence-electron chi connectivity index (χ4n) is 4.29. The number of ether oxygens (including phenoxy) is 1. The van der Waals surface area contributed by atoms with E-state index in [0.29, 0.717) is 28.8 Å². The summed E-state index contributed by atoms with van der Waals surface area (Å²) in [5, 5.41) is 14.2. The number of hydrogen-bond donors (Lipinski definition) is 2. The first kappa shape index (κ1) is 24.3. The molecule has 188 valence electrons. The summed E-state index contributed by atoms with van der Waals surface area (Å²) in [5.74, 6) is -0.380. The first-order valence-electron chi connectivity index (χ1n) is 11.7. The van der Waals surface area contributed by atoms with Crippen LogP contribution in [0, 0.1) is 0 Å². The lowest BCUT2D eigenvalue weighted by Gasteiger charge is -2.10. The van der Waals surface area contributed by atoms with Crippen LogP contribution in [0.1, 0.15) is 17.5 Å². The molecule has 0 aliphatic rings. The molecule has 0 radical (unpaired) electrons. The van der Waals surface area contributed by atoms with Gasteiger partial charge in [0.05, 0.1) is 23.0 Å². The number of rotatable bonds is 9. The smallest absolute Gasteiger partial charge is 0.303 e. The third kappa shape index (κ3) is 4.99. The lowest BCUT2D eigenvalue weighted by Crippen LogP contribution is -2.12. The third-order valence-corrected chi connectivity index (χ3v) is 7.94. The highest BCUT2D eigenvalue weighted by Crippen LogP contribution is 2.30. The topological polar surface area (TPSA) is 111 Å². The average molecular weight is 516 g/mol. The van der Waals surface area contributed by atoms with Gasteiger partial charge in [-0.25, -0.2) is 12.4 Å². The molecule has 0 amide bonds. The molecule has 3 aromatic carbocycles. The highest BCUT2D eigenvalue weighted by molar-refractivity contribution is 7.90. The maximum atomic E-state index is 13.6. The molecule has 5 rings (SSSR count). The van der Waals surface area contributed by atoms with Crippen molar-refractivity contribution in [3.8, 4) is 5.75 Å². The monoisotopic (exact) mass is 515 g/mol. The molecule has 0 aliphatic carbocycles. The number of aromatic nitrogens is 2. The number of carboxylic acids is 1. The van der Waals surface area contributed by atoms with E-state index in [2.05, 4.69) is 10.3 Å². The van der Waals surface area contributed by atoms with Gasteiger partial charge in [0.25, 0.3) is 10.0 Å². The van der Waals surface area contributed by atoms with Crippen molar-refractivity contribution in [2.75, 3.05) is 12.4 Å². The maximum Gasteiger partial charge on any atom is 0.303 e. The molecule has 9 heteroatoms. The van der Waals surface area contributed by atoms with Gasteiger partial charge in [0.1, 0.15) is 5.75 Å². The fraction of sp³-hybridized carbons (Fsp3) is 0.143. The number of nitrogens with one attached hydrogen (secondary N) is 1. The number of carboxylic acid groups (broad SMARTS) is 1. The van der Waals surface area contributed by atoms with Crippen LogP contribution in [-0.2, 0) is 27.8 Å². The summed E-state index contributed by atoms with van der Waals surface area (Å²) in [6.45, 7) is 0.518. The molecule has 8 nitrogen and oxygen atoms in total. The number of nitrogens with zero attached hydrogens (tertiary/aromatic N) is 2. The van der Waals surface area contributed by atoms with Gasteiger partial charge in [-0.3, -0.25) is 9.78 Å². The number of aliphatic carboxylic acids is 1. The minimum absolute atomic E-state index is 0.106. The van der Waals surface area contributed by atoms with Crippen molar-refractivity contribution in [2.24, 2.45) is 0 Å². The number of anilines is 1.